The SMILES string of the molecule is c1ccc(-c2nc(-c3ccccc3)nc(-c3cccc4oc5ccc(-c6ccc7cc(-c8cccc9c8-c8ccccc8C9(c8ccccc8)c8ccccc8)c8ccccc8c7c6)cc5c34)n2)cc1. The van der Waals surface area contributed by atoms with Crippen molar-refractivity contribution >= 4 is 43.5 Å². The molecule has 326 valence electrons. The van der Waals surface area contributed by atoms with Crippen molar-refractivity contribution in [2.24, 2.45) is 0 Å². The van der Waals surface area contributed by atoms with Crippen LogP contribution in [0.2, 0.25) is 0 Å². The summed E-state index contributed by atoms with van der Waals surface area (Å²) < 4.78 is 6.56. The van der Waals surface area contributed by atoms with Crippen molar-refractivity contribution in [2.75, 3.05) is 0 Å². The number of hydrogen-bond donors (Lipinski definition) is 0. The highest BCUT2D eigenvalue weighted by molar-refractivity contribution is 6.17. The first-order chi connectivity index (χ1) is 34.7. The van der Waals surface area contributed by atoms with E-state index in [1.807, 2.05) is 72.8 Å². The van der Waals surface area contributed by atoms with Crippen molar-refractivity contribution in [3.8, 4) is 67.5 Å². The Balaban J connectivity index is 0.927. The van der Waals surface area contributed by atoms with E-state index in [2.05, 4.69) is 176 Å². The van der Waals surface area contributed by atoms with Crippen LogP contribution in [-0.4, -0.2) is 15.0 Å². The number of aromatic nitrogens is 3. The fraction of sp³-hybridized carbons (Fsp3) is 0.0152. The maximum absolute atomic E-state index is 6.56. The highest BCUT2D eigenvalue weighted by Gasteiger charge is 2.46. The highest BCUT2D eigenvalue weighted by Crippen LogP contribution is 2.58. The molecule has 0 atom stereocenters. The third kappa shape index (κ3) is 6.13. The van der Waals surface area contributed by atoms with Crippen molar-refractivity contribution in [3.05, 3.63) is 271 Å². The van der Waals surface area contributed by atoms with Gasteiger partial charge in [0.2, 0.25) is 0 Å². The standard InChI is InChI=1S/C66H41N3O/c1-5-19-42(20-6-1)63-67-64(43-21-7-2-8-22-43)69-65(68-63)53-31-18-34-60-62(53)56-40-45(37-38-59(56)70-60)44-35-36-46-41-55(50-28-14-13-27-49(50)54(46)39-44)51-30-17-33-58-61(51)52-29-15-16-32-57(52)66(58,47-23-9-3-10-24-47)48-25-11-4-12-26-48/h1-41H. The summed E-state index contributed by atoms with van der Waals surface area (Å²) in [5.41, 5.74) is 16.2. The molecule has 13 aromatic rings. The summed E-state index contributed by atoms with van der Waals surface area (Å²) in [5.74, 6) is 1.84. The molecule has 2 heterocycles. The summed E-state index contributed by atoms with van der Waals surface area (Å²) in [6.07, 6.45) is 0. The molecule has 0 bridgehead atoms. The molecule has 0 radical (unpaired) electrons. The molecule has 0 saturated heterocycles. The van der Waals surface area contributed by atoms with Crippen molar-refractivity contribution in [1.29, 1.82) is 0 Å². The Hall–Kier alpha value is -9.25. The van der Waals surface area contributed by atoms with E-state index in [9.17, 15) is 0 Å². The minimum absolute atomic E-state index is 0.476. The van der Waals surface area contributed by atoms with Gasteiger partial charge in [0.05, 0.1) is 5.41 Å². The Kier molecular flexibility index (Phi) is 9.08. The molecule has 0 saturated carbocycles. The van der Waals surface area contributed by atoms with Gasteiger partial charge in [-0.1, -0.05) is 218 Å². The van der Waals surface area contributed by atoms with E-state index in [-0.39, 0.29) is 0 Å². The Morgan fingerprint density at radius 1 is 0.300 bits per heavy atom. The number of fused-ring (bicyclic) bond motifs is 9. The van der Waals surface area contributed by atoms with E-state index in [1.165, 1.54) is 66.1 Å². The molecular weight excluding hydrogens is 851 g/mol. The summed E-state index contributed by atoms with van der Waals surface area (Å²) >= 11 is 0. The van der Waals surface area contributed by atoms with Gasteiger partial charge in [0.15, 0.2) is 17.5 Å². The Labute approximate surface area is 404 Å². The summed E-state index contributed by atoms with van der Waals surface area (Å²) in [7, 11) is 0. The predicted molar refractivity (Wildman–Crippen MR) is 287 cm³/mol. The smallest absolute Gasteiger partial charge is 0.164 e. The van der Waals surface area contributed by atoms with Gasteiger partial charge in [-0.25, -0.2) is 15.0 Å². The van der Waals surface area contributed by atoms with Crippen LogP contribution in [0, 0.1) is 0 Å². The predicted octanol–water partition coefficient (Wildman–Crippen LogP) is 16.8. The largest absolute Gasteiger partial charge is 0.456 e. The van der Waals surface area contributed by atoms with Crippen molar-refractivity contribution in [2.45, 2.75) is 5.41 Å². The minimum Gasteiger partial charge on any atom is -0.456 e. The van der Waals surface area contributed by atoms with Crippen molar-refractivity contribution in [3.63, 3.8) is 0 Å². The summed E-state index contributed by atoms with van der Waals surface area (Å²) in [4.78, 5) is 15.2. The molecule has 0 N–H and O–H groups in total. The van der Waals surface area contributed by atoms with E-state index in [1.54, 1.807) is 0 Å². The second-order valence-corrected chi connectivity index (χ2v) is 18.2. The zero-order valence-electron chi connectivity index (χ0n) is 37.9. The van der Waals surface area contributed by atoms with Gasteiger partial charge in [-0.2, -0.15) is 0 Å². The first-order valence-corrected chi connectivity index (χ1v) is 23.8. The second kappa shape index (κ2) is 15.9. The fourth-order valence-electron chi connectivity index (χ4n) is 11.3. The summed E-state index contributed by atoms with van der Waals surface area (Å²) in [6.45, 7) is 0. The van der Waals surface area contributed by atoms with Gasteiger partial charge in [0, 0.05) is 27.5 Å². The third-order valence-corrected chi connectivity index (χ3v) is 14.4. The zero-order valence-corrected chi connectivity index (χ0v) is 37.9. The summed E-state index contributed by atoms with van der Waals surface area (Å²) in [5, 5.41) is 6.81. The summed E-state index contributed by atoms with van der Waals surface area (Å²) in [6, 6.07) is 89.1. The third-order valence-electron chi connectivity index (χ3n) is 14.4. The molecule has 1 aliphatic carbocycles. The van der Waals surface area contributed by atoms with Crippen LogP contribution < -0.4 is 0 Å². The molecule has 1 aliphatic rings. The van der Waals surface area contributed by atoms with E-state index in [0.29, 0.717) is 17.5 Å². The van der Waals surface area contributed by atoms with Crippen LogP contribution in [0.4, 0.5) is 0 Å². The van der Waals surface area contributed by atoms with Gasteiger partial charge in [-0.15, -0.1) is 0 Å². The lowest BCUT2D eigenvalue weighted by molar-refractivity contribution is 0.669. The molecule has 4 nitrogen and oxygen atoms in total. The topological polar surface area (TPSA) is 51.8 Å². The van der Waals surface area contributed by atoms with E-state index >= 15 is 0 Å². The van der Waals surface area contributed by atoms with Gasteiger partial charge in [-0.05, 0) is 108 Å². The molecule has 0 spiro atoms. The fourth-order valence-corrected chi connectivity index (χ4v) is 11.3. The van der Waals surface area contributed by atoms with Crippen molar-refractivity contribution < 1.29 is 4.42 Å². The molecule has 0 fully saturated rings. The van der Waals surface area contributed by atoms with Crippen LogP contribution in [0.3, 0.4) is 0 Å². The number of furan rings is 1. The van der Waals surface area contributed by atoms with Crippen LogP contribution in [0.15, 0.2) is 253 Å². The van der Waals surface area contributed by atoms with Crippen LogP contribution in [-0.2, 0) is 5.41 Å². The Morgan fingerprint density at radius 2 is 0.829 bits per heavy atom. The van der Waals surface area contributed by atoms with Gasteiger partial charge in [0.1, 0.15) is 11.2 Å². The van der Waals surface area contributed by atoms with Crippen LogP contribution >= 0.6 is 0 Å². The van der Waals surface area contributed by atoms with Gasteiger partial charge >= 0.3 is 0 Å². The number of benzene rings is 11. The van der Waals surface area contributed by atoms with E-state index in [4.69, 9.17) is 19.4 Å². The average molecular weight is 892 g/mol. The van der Waals surface area contributed by atoms with Gasteiger partial charge in [0.25, 0.3) is 0 Å². The lowest BCUT2D eigenvalue weighted by Crippen LogP contribution is -2.28. The Morgan fingerprint density at radius 3 is 1.53 bits per heavy atom. The molecule has 0 aliphatic heterocycles. The molecule has 11 aromatic carbocycles. The monoisotopic (exact) mass is 891 g/mol. The second-order valence-electron chi connectivity index (χ2n) is 18.2. The number of nitrogens with zero attached hydrogens (tertiary/aromatic N) is 3. The molecule has 0 amide bonds. The maximum Gasteiger partial charge on any atom is 0.164 e. The van der Waals surface area contributed by atoms with Crippen LogP contribution in [0.5, 0.6) is 0 Å². The zero-order chi connectivity index (χ0) is 46.2. The highest BCUT2D eigenvalue weighted by atomic mass is 16.3. The lowest BCUT2D eigenvalue weighted by Gasteiger charge is -2.34. The first-order valence-electron chi connectivity index (χ1n) is 23.8. The maximum atomic E-state index is 6.56. The van der Waals surface area contributed by atoms with E-state index in [0.717, 1.165) is 49.8 Å². The quantitative estimate of drug-likeness (QED) is 0.150. The normalized spacial score (nSPS) is 12.7. The lowest BCUT2D eigenvalue weighted by atomic mass is 9.67. The van der Waals surface area contributed by atoms with Crippen LogP contribution in [0.25, 0.3) is 111 Å². The molecule has 14 rings (SSSR count). The van der Waals surface area contributed by atoms with Crippen LogP contribution in [0.1, 0.15) is 22.3 Å². The number of hydrogen-bond acceptors (Lipinski definition) is 4. The van der Waals surface area contributed by atoms with E-state index < -0.39 is 5.41 Å². The first kappa shape index (κ1) is 39.9. The Bertz CT molecular complexity index is 4070. The number of rotatable bonds is 7. The molecular formula is C66H41N3O. The molecule has 4 heteroatoms. The minimum atomic E-state index is -0.476. The molecule has 70 heavy (non-hydrogen) atoms. The van der Waals surface area contributed by atoms with Crippen molar-refractivity contribution in [1.82, 2.24) is 15.0 Å². The average Bonchev–Trinajstić information content (AvgIpc) is 3.97. The molecule has 2 aromatic heterocycles. The molecule has 0 unspecified atom stereocenters. The van der Waals surface area contributed by atoms with Gasteiger partial charge < -0.3 is 4.42 Å². The van der Waals surface area contributed by atoms with Gasteiger partial charge in [-0.3, -0.25) is 0 Å².